The highest BCUT2D eigenvalue weighted by atomic mass is 16.1. The molecule has 0 unspecified atom stereocenters. The van der Waals surface area contributed by atoms with E-state index in [1.807, 2.05) is 0 Å². The molecule has 3 heteroatoms. The van der Waals surface area contributed by atoms with Crippen molar-refractivity contribution in [1.29, 1.82) is 0 Å². The van der Waals surface area contributed by atoms with Crippen molar-refractivity contribution in [2.24, 2.45) is 5.92 Å². The van der Waals surface area contributed by atoms with Crippen molar-refractivity contribution in [1.82, 2.24) is 10.2 Å². The minimum Gasteiger partial charge on any atom is -0.352 e. The van der Waals surface area contributed by atoms with Crippen LogP contribution in [-0.2, 0) is 11.2 Å². The van der Waals surface area contributed by atoms with Gasteiger partial charge in [0.2, 0.25) is 5.91 Å². The van der Waals surface area contributed by atoms with Gasteiger partial charge in [-0.1, -0.05) is 36.9 Å². The van der Waals surface area contributed by atoms with Crippen molar-refractivity contribution in [3.63, 3.8) is 0 Å². The molecule has 0 saturated carbocycles. The lowest BCUT2D eigenvalue weighted by molar-refractivity contribution is -0.116. The third kappa shape index (κ3) is 4.82. The van der Waals surface area contributed by atoms with Gasteiger partial charge in [-0.25, -0.2) is 0 Å². The molecule has 0 spiro atoms. The number of carbonyl (C=O) groups is 1. The molecule has 0 aliphatic carbocycles. The summed E-state index contributed by atoms with van der Waals surface area (Å²) in [7, 11) is 0. The topological polar surface area (TPSA) is 32.3 Å². The minimum atomic E-state index is -0.0588. The Morgan fingerprint density at radius 3 is 2.65 bits per heavy atom. The van der Waals surface area contributed by atoms with Crippen molar-refractivity contribution < 1.29 is 4.79 Å². The first kappa shape index (κ1) is 14.8. The average Bonchev–Trinajstić information content (AvgIpc) is 2.52. The summed E-state index contributed by atoms with van der Waals surface area (Å²) in [6.07, 6.45) is 4.81. The van der Waals surface area contributed by atoms with Crippen molar-refractivity contribution in [3.8, 4) is 0 Å². The Bertz CT molecular complexity index is 422. The lowest BCUT2D eigenvalue weighted by atomic mass is 9.96. The van der Waals surface area contributed by atoms with E-state index in [1.54, 1.807) is 0 Å². The molecule has 108 valence electrons. The van der Waals surface area contributed by atoms with Crippen LogP contribution < -0.4 is 5.32 Å². The highest BCUT2D eigenvalue weighted by molar-refractivity contribution is 5.86. The molecule has 1 aromatic carbocycles. The van der Waals surface area contributed by atoms with E-state index in [9.17, 15) is 4.79 Å². The summed E-state index contributed by atoms with van der Waals surface area (Å²) in [6.45, 7) is 7.67. The van der Waals surface area contributed by atoms with Crippen LogP contribution in [0.2, 0.25) is 0 Å². The third-order valence-corrected chi connectivity index (χ3v) is 4.02. The van der Waals surface area contributed by atoms with E-state index < -0.39 is 0 Å². The second kappa shape index (κ2) is 7.85. The quantitative estimate of drug-likeness (QED) is 0.806. The molecule has 0 atom stereocenters. The summed E-state index contributed by atoms with van der Waals surface area (Å²) in [5.41, 5.74) is 1.41. The molecule has 1 heterocycles. The maximum Gasteiger partial charge on any atom is 0.243 e. The molecule has 2 rings (SSSR count). The van der Waals surface area contributed by atoms with Crippen molar-refractivity contribution in [2.75, 3.05) is 26.2 Å². The maximum atomic E-state index is 11.1. The van der Waals surface area contributed by atoms with Gasteiger partial charge in [-0.05, 0) is 49.9 Å². The molecular formula is C17H24N2O. The van der Waals surface area contributed by atoms with Gasteiger partial charge in [0.25, 0.3) is 0 Å². The van der Waals surface area contributed by atoms with E-state index in [1.165, 1.54) is 24.5 Å². The molecule has 1 aromatic rings. The number of likely N-dealkylation sites (tertiary alicyclic amines) is 1. The van der Waals surface area contributed by atoms with Crippen LogP contribution in [0.15, 0.2) is 43.0 Å². The van der Waals surface area contributed by atoms with Gasteiger partial charge >= 0.3 is 0 Å². The lowest BCUT2D eigenvalue weighted by Gasteiger charge is -2.32. The number of amides is 1. The molecule has 1 aliphatic rings. The second-order valence-corrected chi connectivity index (χ2v) is 5.47. The molecular weight excluding hydrogens is 248 g/mol. The van der Waals surface area contributed by atoms with Gasteiger partial charge in [-0.3, -0.25) is 4.79 Å². The zero-order chi connectivity index (χ0) is 14.2. The number of nitrogens with zero attached hydrogens (tertiary/aromatic N) is 1. The first-order valence-electron chi connectivity index (χ1n) is 7.44. The second-order valence-electron chi connectivity index (χ2n) is 5.47. The number of rotatable bonds is 6. The monoisotopic (exact) mass is 272 g/mol. The number of piperidine rings is 1. The Morgan fingerprint density at radius 1 is 1.30 bits per heavy atom. The summed E-state index contributed by atoms with van der Waals surface area (Å²) in [4.78, 5) is 13.7. The summed E-state index contributed by atoms with van der Waals surface area (Å²) < 4.78 is 0. The number of nitrogens with one attached hydrogen (secondary N) is 1. The number of benzene rings is 1. The predicted octanol–water partition coefficient (Wildman–Crippen LogP) is 2.24. The van der Waals surface area contributed by atoms with Gasteiger partial charge in [0.05, 0.1) is 0 Å². The van der Waals surface area contributed by atoms with Crippen LogP contribution in [0.3, 0.4) is 0 Å². The van der Waals surface area contributed by atoms with Crippen LogP contribution in [-0.4, -0.2) is 37.0 Å². The molecule has 1 fully saturated rings. The molecule has 1 amide bonds. The van der Waals surface area contributed by atoms with E-state index in [0.717, 1.165) is 32.6 Å². The predicted molar refractivity (Wildman–Crippen MR) is 82.5 cm³/mol. The van der Waals surface area contributed by atoms with Crippen LogP contribution in [0, 0.1) is 5.92 Å². The summed E-state index contributed by atoms with van der Waals surface area (Å²) in [5, 5.41) is 2.90. The zero-order valence-electron chi connectivity index (χ0n) is 12.1. The van der Waals surface area contributed by atoms with Crippen LogP contribution in [0.25, 0.3) is 0 Å². The fourth-order valence-electron chi connectivity index (χ4n) is 2.66. The average molecular weight is 272 g/mol. The molecule has 3 nitrogen and oxygen atoms in total. The first-order valence-corrected chi connectivity index (χ1v) is 7.44. The Hall–Kier alpha value is -1.61. The van der Waals surface area contributed by atoms with Gasteiger partial charge in [0, 0.05) is 13.1 Å². The van der Waals surface area contributed by atoms with E-state index in [2.05, 4.69) is 47.1 Å². The Kier molecular flexibility index (Phi) is 5.81. The van der Waals surface area contributed by atoms with Crippen LogP contribution in [0.4, 0.5) is 0 Å². The summed E-state index contributed by atoms with van der Waals surface area (Å²) in [6, 6.07) is 10.6. The number of carbonyl (C=O) groups excluding carboxylic acids is 1. The van der Waals surface area contributed by atoms with Gasteiger partial charge in [0.15, 0.2) is 0 Å². The van der Waals surface area contributed by atoms with E-state index in [4.69, 9.17) is 0 Å². The van der Waals surface area contributed by atoms with Gasteiger partial charge < -0.3 is 10.2 Å². The molecule has 0 radical (unpaired) electrons. The van der Waals surface area contributed by atoms with Crippen molar-refractivity contribution >= 4 is 5.91 Å². The van der Waals surface area contributed by atoms with E-state index in [-0.39, 0.29) is 5.91 Å². The Balaban J connectivity index is 1.64. The normalized spacial score (nSPS) is 16.8. The fourth-order valence-corrected chi connectivity index (χ4v) is 2.66. The first-order chi connectivity index (χ1) is 9.78. The summed E-state index contributed by atoms with van der Waals surface area (Å²) in [5.74, 6) is 0.559. The van der Waals surface area contributed by atoms with Gasteiger partial charge in [-0.2, -0.15) is 0 Å². The van der Waals surface area contributed by atoms with Gasteiger partial charge in [0.1, 0.15) is 0 Å². The molecule has 1 saturated heterocycles. The van der Waals surface area contributed by atoms with E-state index in [0.29, 0.717) is 5.92 Å². The highest BCUT2D eigenvalue weighted by Gasteiger charge is 2.18. The van der Waals surface area contributed by atoms with Crippen molar-refractivity contribution in [2.45, 2.75) is 19.3 Å². The molecule has 0 aromatic heterocycles. The Labute approximate surface area is 121 Å². The van der Waals surface area contributed by atoms with E-state index >= 15 is 0 Å². The van der Waals surface area contributed by atoms with Crippen LogP contribution >= 0.6 is 0 Å². The zero-order valence-corrected chi connectivity index (χ0v) is 12.1. The van der Waals surface area contributed by atoms with Crippen LogP contribution in [0.5, 0.6) is 0 Å². The van der Waals surface area contributed by atoms with Crippen LogP contribution in [0.1, 0.15) is 18.4 Å². The SMILES string of the molecule is C=CC(=O)NCC1CCN(CCc2ccccc2)CC1. The standard InChI is InChI=1S/C17H24N2O/c1-2-17(20)18-14-16-9-12-19(13-10-16)11-8-15-6-4-3-5-7-15/h2-7,16H,1,8-14H2,(H,18,20). The number of hydrogen-bond acceptors (Lipinski definition) is 2. The largest absolute Gasteiger partial charge is 0.352 e. The molecule has 20 heavy (non-hydrogen) atoms. The molecule has 1 aliphatic heterocycles. The van der Waals surface area contributed by atoms with Gasteiger partial charge in [-0.15, -0.1) is 0 Å². The lowest BCUT2D eigenvalue weighted by Crippen LogP contribution is -2.39. The molecule has 1 N–H and O–H groups in total. The van der Waals surface area contributed by atoms with Crippen molar-refractivity contribution in [3.05, 3.63) is 48.6 Å². The fraction of sp³-hybridized carbons (Fsp3) is 0.471. The summed E-state index contributed by atoms with van der Waals surface area (Å²) >= 11 is 0. The smallest absolute Gasteiger partial charge is 0.243 e. The minimum absolute atomic E-state index is 0.0588. The highest BCUT2D eigenvalue weighted by Crippen LogP contribution is 2.16. The molecule has 0 bridgehead atoms. The number of hydrogen-bond donors (Lipinski definition) is 1. The Morgan fingerprint density at radius 2 is 2.00 bits per heavy atom. The maximum absolute atomic E-state index is 11.1. The third-order valence-electron chi connectivity index (χ3n) is 4.02.